The first kappa shape index (κ1) is 16.5. The highest BCUT2D eigenvalue weighted by molar-refractivity contribution is 7.84. The van der Waals surface area contributed by atoms with Crippen LogP contribution in [0.3, 0.4) is 0 Å². The van der Waals surface area contributed by atoms with Crippen molar-refractivity contribution in [2.24, 2.45) is 5.92 Å². The average Bonchev–Trinajstić information content (AvgIpc) is 2.31. The van der Waals surface area contributed by atoms with Crippen LogP contribution in [0.15, 0.2) is 18.2 Å². The summed E-state index contributed by atoms with van der Waals surface area (Å²) in [5, 5.41) is 3.63. The van der Waals surface area contributed by atoms with Gasteiger partial charge < -0.3 is 5.32 Å². The van der Waals surface area contributed by atoms with Crippen molar-refractivity contribution >= 4 is 39.9 Å². The monoisotopic (exact) mass is 321 g/mol. The van der Waals surface area contributed by atoms with Crippen LogP contribution in [-0.4, -0.2) is 22.4 Å². The molecule has 0 unspecified atom stereocenters. The van der Waals surface area contributed by atoms with Gasteiger partial charge in [-0.05, 0) is 23.6 Å². The maximum atomic E-state index is 11.8. The lowest BCUT2D eigenvalue weighted by Crippen LogP contribution is -2.31. The molecule has 1 N–H and O–H groups in total. The highest BCUT2D eigenvalue weighted by atomic mass is 35.5. The molecule has 19 heavy (non-hydrogen) atoms. The Morgan fingerprint density at radius 2 is 2.00 bits per heavy atom. The molecule has 0 heterocycles. The number of halogens is 2. The van der Waals surface area contributed by atoms with E-state index >= 15 is 0 Å². The van der Waals surface area contributed by atoms with Crippen molar-refractivity contribution in [1.29, 1.82) is 0 Å². The van der Waals surface area contributed by atoms with Gasteiger partial charge in [0.1, 0.15) is 5.75 Å². The molecule has 0 fully saturated rings. The Kier molecular flexibility index (Phi) is 6.83. The van der Waals surface area contributed by atoms with Crippen molar-refractivity contribution in [3.8, 4) is 0 Å². The molecule has 1 amide bonds. The zero-order valence-corrected chi connectivity index (χ0v) is 13.2. The Morgan fingerprint density at radius 3 is 2.58 bits per heavy atom. The Balaban J connectivity index is 2.46. The minimum atomic E-state index is -1.24. The minimum absolute atomic E-state index is 0.00691. The molecule has 1 atom stereocenters. The SMILES string of the molecule is CC(C)CNC(=O)C[S@@](=O)Cc1ccc(Cl)c(Cl)c1. The molecular weight excluding hydrogens is 305 g/mol. The Morgan fingerprint density at radius 1 is 1.32 bits per heavy atom. The van der Waals surface area contributed by atoms with Gasteiger partial charge in [-0.2, -0.15) is 0 Å². The Labute approximate surface area is 126 Å². The normalized spacial score (nSPS) is 12.5. The maximum absolute atomic E-state index is 11.8. The van der Waals surface area contributed by atoms with Gasteiger partial charge in [-0.25, -0.2) is 0 Å². The van der Waals surface area contributed by atoms with Crippen LogP contribution in [0.4, 0.5) is 0 Å². The lowest BCUT2D eigenvalue weighted by molar-refractivity contribution is -0.118. The third-order valence-electron chi connectivity index (χ3n) is 2.31. The summed E-state index contributed by atoms with van der Waals surface area (Å²) in [6.07, 6.45) is 0. The number of rotatable bonds is 6. The van der Waals surface area contributed by atoms with Gasteiger partial charge in [-0.15, -0.1) is 0 Å². The number of carbonyl (C=O) groups is 1. The van der Waals surface area contributed by atoms with Gasteiger partial charge in [0, 0.05) is 23.1 Å². The van der Waals surface area contributed by atoms with Crippen LogP contribution in [0.5, 0.6) is 0 Å². The van der Waals surface area contributed by atoms with E-state index in [1.54, 1.807) is 18.2 Å². The van der Waals surface area contributed by atoms with Crippen molar-refractivity contribution < 1.29 is 9.00 Å². The van der Waals surface area contributed by atoms with E-state index in [1.165, 1.54) is 0 Å². The molecule has 0 radical (unpaired) electrons. The van der Waals surface area contributed by atoms with E-state index in [0.717, 1.165) is 5.56 Å². The van der Waals surface area contributed by atoms with Gasteiger partial charge in [-0.3, -0.25) is 9.00 Å². The van der Waals surface area contributed by atoms with Crippen LogP contribution in [0, 0.1) is 5.92 Å². The summed E-state index contributed by atoms with van der Waals surface area (Å²) >= 11 is 11.7. The number of nitrogens with one attached hydrogen (secondary N) is 1. The van der Waals surface area contributed by atoms with Crippen LogP contribution in [0.25, 0.3) is 0 Å². The molecule has 0 aromatic heterocycles. The molecule has 1 aromatic rings. The quantitative estimate of drug-likeness (QED) is 0.875. The van der Waals surface area contributed by atoms with Crippen LogP contribution in [0.2, 0.25) is 10.0 Å². The molecule has 0 aliphatic carbocycles. The highest BCUT2D eigenvalue weighted by Gasteiger charge is 2.10. The Bertz CT molecular complexity index is 478. The van der Waals surface area contributed by atoms with E-state index in [4.69, 9.17) is 23.2 Å². The molecule has 3 nitrogen and oxygen atoms in total. The number of carbonyl (C=O) groups excluding carboxylic acids is 1. The fourth-order valence-corrected chi connectivity index (χ4v) is 2.75. The standard InChI is InChI=1S/C13H17Cl2NO2S/c1-9(2)6-16-13(17)8-19(18)7-10-3-4-11(14)12(15)5-10/h3-5,9H,6-8H2,1-2H3,(H,16,17)/t19-/m0/s1. The first-order valence-corrected chi connectivity index (χ1v) is 8.18. The maximum Gasteiger partial charge on any atom is 0.232 e. The van der Waals surface area contributed by atoms with E-state index in [-0.39, 0.29) is 11.7 Å². The summed E-state index contributed by atoms with van der Waals surface area (Å²) in [4.78, 5) is 11.5. The zero-order valence-electron chi connectivity index (χ0n) is 10.9. The number of amides is 1. The number of benzene rings is 1. The third-order valence-corrected chi connectivity index (χ3v) is 4.29. The van der Waals surface area contributed by atoms with Gasteiger partial charge in [0.15, 0.2) is 0 Å². The molecule has 0 aliphatic heterocycles. The molecule has 106 valence electrons. The van der Waals surface area contributed by atoms with Gasteiger partial charge in [-0.1, -0.05) is 43.1 Å². The average molecular weight is 322 g/mol. The lowest BCUT2D eigenvalue weighted by Gasteiger charge is -2.08. The molecular formula is C13H17Cl2NO2S. The van der Waals surface area contributed by atoms with Crippen LogP contribution < -0.4 is 5.32 Å². The van der Waals surface area contributed by atoms with E-state index in [1.807, 2.05) is 13.8 Å². The van der Waals surface area contributed by atoms with Crippen LogP contribution in [-0.2, 0) is 21.3 Å². The number of hydrogen-bond acceptors (Lipinski definition) is 2. The Hall–Kier alpha value is -0.580. The van der Waals surface area contributed by atoms with Crippen molar-refractivity contribution in [3.05, 3.63) is 33.8 Å². The van der Waals surface area contributed by atoms with Crippen molar-refractivity contribution in [1.82, 2.24) is 5.32 Å². The predicted molar refractivity (Wildman–Crippen MR) is 81.0 cm³/mol. The van der Waals surface area contributed by atoms with Gasteiger partial charge in [0.05, 0.1) is 10.0 Å². The topological polar surface area (TPSA) is 46.2 Å². The summed E-state index contributed by atoms with van der Waals surface area (Å²) in [5.74, 6) is 0.499. The van der Waals surface area contributed by atoms with Gasteiger partial charge >= 0.3 is 0 Å². The van der Waals surface area contributed by atoms with Crippen molar-refractivity contribution in [3.63, 3.8) is 0 Å². The molecule has 1 aromatic carbocycles. The lowest BCUT2D eigenvalue weighted by atomic mass is 10.2. The molecule has 0 saturated carbocycles. The smallest absolute Gasteiger partial charge is 0.232 e. The summed E-state index contributed by atoms with van der Waals surface area (Å²) in [5.41, 5.74) is 0.810. The third kappa shape index (κ3) is 6.41. The summed E-state index contributed by atoms with van der Waals surface area (Å²) in [6.45, 7) is 4.61. The second kappa shape index (κ2) is 7.88. The van der Waals surface area contributed by atoms with Gasteiger partial charge in [0.2, 0.25) is 5.91 Å². The highest BCUT2D eigenvalue weighted by Crippen LogP contribution is 2.23. The minimum Gasteiger partial charge on any atom is -0.355 e. The summed E-state index contributed by atoms with van der Waals surface area (Å²) < 4.78 is 11.8. The fraction of sp³-hybridized carbons (Fsp3) is 0.462. The first-order valence-electron chi connectivity index (χ1n) is 5.94. The molecule has 0 bridgehead atoms. The predicted octanol–water partition coefficient (Wildman–Crippen LogP) is 3.01. The second-order valence-corrected chi connectivity index (χ2v) is 6.95. The van der Waals surface area contributed by atoms with Crippen molar-refractivity contribution in [2.75, 3.05) is 12.3 Å². The van der Waals surface area contributed by atoms with Crippen LogP contribution in [0.1, 0.15) is 19.4 Å². The molecule has 0 spiro atoms. The zero-order chi connectivity index (χ0) is 14.4. The summed E-state index contributed by atoms with van der Waals surface area (Å²) in [7, 11) is -1.24. The summed E-state index contributed by atoms with van der Waals surface area (Å²) in [6, 6.07) is 5.10. The molecule has 6 heteroatoms. The van der Waals surface area contributed by atoms with E-state index in [0.29, 0.717) is 28.3 Å². The van der Waals surface area contributed by atoms with E-state index in [9.17, 15) is 9.00 Å². The number of hydrogen-bond donors (Lipinski definition) is 1. The fourth-order valence-electron chi connectivity index (χ4n) is 1.38. The molecule has 0 saturated heterocycles. The van der Waals surface area contributed by atoms with Crippen molar-refractivity contribution in [2.45, 2.75) is 19.6 Å². The molecule has 0 aliphatic rings. The van der Waals surface area contributed by atoms with E-state index < -0.39 is 10.8 Å². The van der Waals surface area contributed by atoms with Gasteiger partial charge in [0.25, 0.3) is 0 Å². The second-order valence-electron chi connectivity index (χ2n) is 4.67. The van der Waals surface area contributed by atoms with E-state index in [2.05, 4.69) is 5.32 Å². The molecule has 1 rings (SSSR count). The first-order chi connectivity index (χ1) is 8.88. The largest absolute Gasteiger partial charge is 0.355 e. The van der Waals surface area contributed by atoms with Crippen LogP contribution >= 0.6 is 23.2 Å².